The molecule has 0 fully saturated rings. The van der Waals surface area contributed by atoms with Crippen molar-refractivity contribution in [2.45, 2.75) is 66.8 Å². The van der Waals surface area contributed by atoms with E-state index in [0.717, 1.165) is 45.8 Å². The summed E-state index contributed by atoms with van der Waals surface area (Å²) in [5.74, 6) is 0.277. The highest BCUT2D eigenvalue weighted by molar-refractivity contribution is 6.01. The fourth-order valence-corrected chi connectivity index (χ4v) is 6.68. The molecule has 0 spiro atoms. The Morgan fingerprint density at radius 2 is 1.80 bits per heavy atom. The maximum absolute atomic E-state index is 12.8. The molecule has 1 aliphatic carbocycles. The minimum atomic E-state index is -0.434. The Balaban J connectivity index is 1.02. The van der Waals surface area contributed by atoms with Gasteiger partial charge in [-0.25, -0.2) is 9.36 Å². The van der Waals surface area contributed by atoms with Gasteiger partial charge in [0, 0.05) is 46.5 Å². The number of amides is 1. The van der Waals surface area contributed by atoms with Gasteiger partial charge >= 0.3 is 5.63 Å². The summed E-state index contributed by atoms with van der Waals surface area (Å²) in [6.07, 6.45) is 22.2. The summed E-state index contributed by atoms with van der Waals surface area (Å²) < 4.78 is 19.3. The van der Waals surface area contributed by atoms with Crippen molar-refractivity contribution in [3.63, 3.8) is 0 Å². The number of carbonyl (C=O) groups is 1. The van der Waals surface area contributed by atoms with E-state index in [1.165, 1.54) is 42.0 Å². The zero-order valence-electron chi connectivity index (χ0n) is 29.5. The van der Waals surface area contributed by atoms with Crippen molar-refractivity contribution >= 4 is 44.3 Å². The number of nitrogens with zero attached hydrogens (tertiary/aromatic N) is 1. The lowest BCUT2D eigenvalue weighted by Gasteiger charge is -2.32. The third-order valence-electron chi connectivity index (χ3n) is 9.33. The van der Waals surface area contributed by atoms with E-state index in [2.05, 4.69) is 62.0 Å². The lowest BCUT2D eigenvalue weighted by Crippen LogP contribution is -2.33. The summed E-state index contributed by atoms with van der Waals surface area (Å²) in [7, 11) is 0. The molecule has 3 heterocycles. The Hall–Kier alpha value is -5.43. The fourth-order valence-electron chi connectivity index (χ4n) is 6.68. The Labute approximate surface area is 292 Å². The summed E-state index contributed by atoms with van der Waals surface area (Å²) in [5.41, 5.74) is 6.46. The van der Waals surface area contributed by atoms with Gasteiger partial charge in [0.15, 0.2) is 30.1 Å². The van der Waals surface area contributed by atoms with Gasteiger partial charge in [-0.1, -0.05) is 55.4 Å². The van der Waals surface area contributed by atoms with Crippen molar-refractivity contribution in [2.24, 2.45) is 5.41 Å². The SMILES string of the molecule is CC(C=CC1=C(C)CCCC1(C)C)=CC=CC(C)=CC(=O)Nc1ccc2c[n+](CCCOc3c4occc4cc4ccc(=O)oc34)ccc2c1. The number of aromatic nitrogens is 1. The number of furan rings is 1. The number of hydrogen-bond acceptors (Lipinski definition) is 5. The van der Waals surface area contributed by atoms with Crippen molar-refractivity contribution in [2.75, 3.05) is 11.9 Å². The molecule has 0 atom stereocenters. The quantitative estimate of drug-likeness (QED) is 0.0498. The fraction of sp³-hybridized carbons (Fsp3) is 0.279. The maximum atomic E-state index is 12.8. The number of allylic oxidation sites excluding steroid dienone is 9. The van der Waals surface area contributed by atoms with Crippen LogP contribution in [0.5, 0.6) is 5.75 Å². The van der Waals surface area contributed by atoms with E-state index >= 15 is 0 Å². The number of rotatable bonds is 11. The van der Waals surface area contributed by atoms with Gasteiger partial charge in [0.2, 0.25) is 11.7 Å². The average Bonchev–Trinajstić information content (AvgIpc) is 3.54. The minimum absolute atomic E-state index is 0.169. The highest BCUT2D eigenvalue weighted by Gasteiger charge is 2.26. The molecule has 0 aliphatic heterocycles. The number of benzene rings is 2. The number of anilines is 1. The number of aryl methyl sites for hydroxylation is 1. The molecule has 7 heteroatoms. The Morgan fingerprint density at radius 1 is 0.980 bits per heavy atom. The van der Waals surface area contributed by atoms with Crippen molar-refractivity contribution in [3.8, 4) is 5.75 Å². The molecule has 3 aromatic heterocycles. The Morgan fingerprint density at radius 3 is 2.64 bits per heavy atom. The molecule has 1 N–H and O–H groups in total. The highest BCUT2D eigenvalue weighted by atomic mass is 16.5. The first kappa shape index (κ1) is 34.4. The van der Waals surface area contributed by atoms with Gasteiger partial charge in [-0.15, -0.1) is 0 Å². The van der Waals surface area contributed by atoms with Crippen LogP contribution in [0, 0.1) is 5.41 Å². The third-order valence-corrected chi connectivity index (χ3v) is 9.33. The summed E-state index contributed by atoms with van der Waals surface area (Å²) in [6.45, 7) is 12.1. The molecule has 6 rings (SSSR count). The number of fused-ring (bicyclic) bond motifs is 3. The van der Waals surface area contributed by atoms with Gasteiger partial charge in [0.1, 0.15) is 0 Å². The zero-order valence-corrected chi connectivity index (χ0v) is 29.5. The number of hydrogen-bond donors (Lipinski definition) is 1. The summed E-state index contributed by atoms with van der Waals surface area (Å²) >= 11 is 0. The first-order valence-corrected chi connectivity index (χ1v) is 17.3. The van der Waals surface area contributed by atoms with Crippen LogP contribution in [0.2, 0.25) is 0 Å². The van der Waals surface area contributed by atoms with Crippen LogP contribution in [0.1, 0.15) is 60.3 Å². The summed E-state index contributed by atoms with van der Waals surface area (Å²) in [5, 5.41) is 6.75. The number of nitrogens with one attached hydrogen (secondary N) is 1. The van der Waals surface area contributed by atoms with Crippen LogP contribution in [0.3, 0.4) is 0 Å². The average molecular weight is 670 g/mol. The largest absolute Gasteiger partial charge is 0.486 e. The van der Waals surface area contributed by atoms with Gasteiger partial charge < -0.3 is 18.9 Å². The van der Waals surface area contributed by atoms with Crippen LogP contribution >= 0.6 is 0 Å². The summed E-state index contributed by atoms with van der Waals surface area (Å²) in [6, 6.07) is 14.8. The van der Waals surface area contributed by atoms with E-state index in [4.69, 9.17) is 13.6 Å². The molecule has 256 valence electrons. The highest BCUT2D eigenvalue weighted by Crippen LogP contribution is 2.41. The number of pyridine rings is 1. The van der Waals surface area contributed by atoms with E-state index in [1.54, 1.807) is 18.4 Å². The Bertz CT molecular complexity index is 2280. The molecule has 2 aromatic carbocycles. The van der Waals surface area contributed by atoms with E-state index in [0.29, 0.717) is 23.5 Å². The van der Waals surface area contributed by atoms with E-state index in [1.807, 2.05) is 61.7 Å². The normalized spacial score (nSPS) is 15.6. The van der Waals surface area contributed by atoms with E-state index in [9.17, 15) is 9.59 Å². The second-order valence-corrected chi connectivity index (χ2v) is 13.9. The number of ether oxygens (including phenoxy) is 1. The molecule has 0 bridgehead atoms. The van der Waals surface area contributed by atoms with Crippen LogP contribution in [0.4, 0.5) is 5.69 Å². The summed E-state index contributed by atoms with van der Waals surface area (Å²) in [4.78, 5) is 24.7. The topological polar surface area (TPSA) is 85.6 Å². The molecule has 0 saturated carbocycles. The maximum Gasteiger partial charge on any atom is 0.336 e. The standard InChI is InChI=1S/C43H44N2O5/c1-29(12-16-37-31(3)11-7-20-43(37,4)5)9-6-10-30(2)25-38(46)44-36-15-13-35-28-45(22-18-32(35)27-36)21-8-23-48-42-40-34(19-24-49-40)26-33-14-17-39(47)50-41(33)42/h6,9-10,12-19,22,24-28H,7-8,11,20-21,23H2,1-5H3/p+1. The molecule has 1 aliphatic rings. The first-order valence-electron chi connectivity index (χ1n) is 17.3. The lowest BCUT2D eigenvalue weighted by molar-refractivity contribution is -0.696. The van der Waals surface area contributed by atoms with Gasteiger partial charge in [0.05, 0.1) is 12.9 Å². The minimum Gasteiger partial charge on any atom is -0.486 e. The van der Waals surface area contributed by atoms with Crippen molar-refractivity contribution < 1.29 is 22.9 Å². The molecule has 0 saturated heterocycles. The molecule has 0 unspecified atom stereocenters. The van der Waals surface area contributed by atoms with Crippen molar-refractivity contribution in [3.05, 3.63) is 136 Å². The molecule has 1 amide bonds. The van der Waals surface area contributed by atoms with Crippen LogP contribution in [0.15, 0.2) is 140 Å². The number of carbonyl (C=O) groups excluding carboxylic acids is 1. The van der Waals surface area contributed by atoms with Crippen LogP contribution in [-0.2, 0) is 11.3 Å². The zero-order chi connectivity index (χ0) is 35.3. The molecule has 50 heavy (non-hydrogen) atoms. The Kier molecular flexibility index (Phi) is 10.3. The van der Waals surface area contributed by atoms with Gasteiger partial charge in [0.25, 0.3) is 0 Å². The first-order chi connectivity index (χ1) is 24.1. The van der Waals surface area contributed by atoms with E-state index < -0.39 is 5.63 Å². The second kappa shape index (κ2) is 15.0. The predicted molar refractivity (Wildman–Crippen MR) is 201 cm³/mol. The van der Waals surface area contributed by atoms with Gasteiger partial charge in [-0.3, -0.25) is 4.79 Å². The third kappa shape index (κ3) is 8.23. The van der Waals surface area contributed by atoms with Crippen LogP contribution in [-0.4, -0.2) is 12.5 Å². The monoisotopic (exact) mass is 669 g/mol. The van der Waals surface area contributed by atoms with Crippen molar-refractivity contribution in [1.82, 2.24) is 0 Å². The predicted octanol–water partition coefficient (Wildman–Crippen LogP) is 9.92. The van der Waals surface area contributed by atoms with Crippen LogP contribution in [0.25, 0.3) is 32.7 Å². The smallest absolute Gasteiger partial charge is 0.336 e. The molecule has 5 aromatic rings. The molecule has 0 radical (unpaired) electrons. The van der Waals surface area contributed by atoms with Crippen molar-refractivity contribution in [1.29, 1.82) is 0 Å². The lowest BCUT2D eigenvalue weighted by atomic mass is 9.72. The van der Waals surface area contributed by atoms with Gasteiger partial charge in [-0.05, 0) is 98.4 Å². The molecular weight excluding hydrogens is 624 g/mol. The molecular formula is C43H45N2O5+. The van der Waals surface area contributed by atoms with Crippen LogP contribution < -0.4 is 20.2 Å². The molecule has 7 nitrogen and oxygen atoms in total. The van der Waals surface area contributed by atoms with Gasteiger partial charge in [-0.2, -0.15) is 0 Å². The van der Waals surface area contributed by atoms with E-state index in [-0.39, 0.29) is 11.3 Å². The second-order valence-electron chi connectivity index (χ2n) is 13.9.